The van der Waals surface area contributed by atoms with Crippen LogP contribution in [0.25, 0.3) is 10.8 Å². The lowest BCUT2D eigenvalue weighted by molar-refractivity contribution is 0.268. The summed E-state index contributed by atoms with van der Waals surface area (Å²) in [7, 11) is 0. The van der Waals surface area contributed by atoms with Gasteiger partial charge in [-0.05, 0) is 53.6 Å². The molecule has 0 aliphatic carbocycles. The third-order valence-corrected chi connectivity index (χ3v) is 4.65. The van der Waals surface area contributed by atoms with Crippen molar-refractivity contribution < 1.29 is 0 Å². The molecule has 0 aromatic heterocycles. The zero-order chi connectivity index (χ0) is 15.4. The van der Waals surface area contributed by atoms with Crippen molar-refractivity contribution in [1.29, 1.82) is 0 Å². The molecule has 0 saturated carbocycles. The van der Waals surface area contributed by atoms with Crippen LogP contribution in [0, 0.1) is 17.8 Å². The van der Waals surface area contributed by atoms with Crippen LogP contribution in [0.15, 0.2) is 42.5 Å². The predicted octanol–water partition coefficient (Wildman–Crippen LogP) is 5.42. The summed E-state index contributed by atoms with van der Waals surface area (Å²) >= 11 is 0. The molecule has 2 aromatic carbocycles. The van der Waals surface area contributed by atoms with Gasteiger partial charge in [0.05, 0.1) is 0 Å². The highest BCUT2D eigenvalue weighted by Crippen LogP contribution is 2.23. The SMILES string of the molecule is CC(NCC(C(C)C)C(C)C)c1ccc2ccccc2c1. The van der Waals surface area contributed by atoms with Gasteiger partial charge in [0.2, 0.25) is 0 Å². The molecule has 0 amide bonds. The van der Waals surface area contributed by atoms with Gasteiger partial charge in [-0.3, -0.25) is 0 Å². The van der Waals surface area contributed by atoms with Crippen LogP contribution in [0.2, 0.25) is 0 Å². The van der Waals surface area contributed by atoms with Gasteiger partial charge in [0.25, 0.3) is 0 Å². The van der Waals surface area contributed by atoms with E-state index >= 15 is 0 Å². The van der Waals surface area contributed by atoms with Crippen molar-refractivity contribution >= 4 is 10.8 Å². The predicted molar refractivity (Wildman–Crippen MR) is 93.5 cm³/mol. The summed E-state index contributed by atoms with van der Waals surface area (Å²) in [6, 6.07) is 15.8. The molecule has 1 heteroatoms. The maximum absolute atomic E-state index is 3.73. The van der Waals surface area contributed by atoms with E-state index in [0.29, 0.717) is 6.04 Å². The topological polar surface area (TPSA) is 12.0 Å². The second-order valence-electron chi connectivity index (χ2n) is 6.89. The minimum atomic E-state index is 0.398. The van der Waals surface area contributed by atoms with Crippen LogP contribution in [0.4, 0.5) is 0 Å². The van der Waals surface area contributed by atoms with Crippen LogP contribution in [-0.2, 0) is 0 Å². The Balaban J connectivity index is 2.06. The molecular formula is C20H29N. The standard InChI is InChI=1S/C20H29N/c1-14(2)20(15(3)4)13-21-16(5)18-11-10-17-8-6-7-9-19(17)12-18/h6-12,14-16,20-21H,13H2,1-5H3. The van der Waals surface area contributed by atoms with Gasteiger partial charge in [-0.2, -0.15) is 0 Å². The Hall–Kier alpha value is -1.34. The first-order chi connectivity index (χ1) is 9.99. The van der Waals surface area contributed by atoms with E-state index in [0.717, 1.165) is 24.3 Å². The maximum atomic E-state index is 3.73. The lowest BCUT2D eigenvalue weighted by Gasteiger charge is -2.27. The normalized spacial score (nSPS) is 13.5. The fourth-order valence-corrected chi connectivity index (χ4v) is 3.15. The largest absolute Gasteiger partial charge is 0.310 e. The Kier molecular flexibility index (Phi) is 5.41. The highest BCUT2D eigenvalue weighted by molar-refractivity contribution is 5.83. The van der Waals surface area contributed by atoms with Crippen molar-refractivity contribution in [1.82, 2.24) is 5.32 Å². The minimum absolute atomic E-state index is 0.398. The molecule has 1 atom stereocenters. The number of hydrogen-bond donors (Lipinski definition) is 1. The van der Waals surface area contributed by atoms with E-state index in [1.165, 1.54) is 16.3 Å². The molecule has 0 fully saturated rings. The fourth-order valence-electron chi connectivity index (χ4n) is 3.15. The quantitative estimate of drug-likeness (QED) is 0.746. The number of hydrogen-bond acceptors (Lipinski definition) is 1. The third-order valence-electron chi connectivity index (χ3n) is 4.65. The fraction of sp³-hybridized carbons (Fsp3) is 0.500. The first-order valence-electron chi connectivity index (χ1n) is 8.21. The Bertz CT molecular complexity index is 563. The Morgan fingerprint density at radius 2 is 1.43 bits per heavy atom. The summed E-state index contributed by atoms with van der Waals surface area (Å²) in [5.41, 5.74) is 1.37. The molecule has 2 rings (SSSR count). The van der Waals surface area contributed by atoms with E-state index < -0.39 is 0 Å². The van der Waals surface area contributed by atoms with Crippen molar-refractivity contribution in [2.24, 2.45) is 17.8 Å². The van der Waals surface area contributed by atoms with Gasteiger partial charge < -0.3 is 5.32 Å². The smallest absolute Gasteiger partial charge is 0.0292 e. The van der Waals surface area contributed by atoms with E-state index in [-0.39, 0.29) is 0 Å². The molecule has 1 unspecified atom stereocenters. The van der Waals surface area contributed by atoms with Crippen molar-refractivity contribution in [3.8, 4) is 0 Å². The molecular weight excluding hydrogens is 254 g/mol. The number of rotatable bonds is 6. The summed E-state index contributed by atoms with van der Waals surface area (Å²) in [5.74, 6) is 2.18. The second-order valence-corrected chi connectivity index (χ2v) is 6.89. The van der Waals surface area contributed by atoms with Crippen molar-refractivity contribution in [2.75, 3.05) is 6.54 Å². The van der Waals surface area contributed by atoms with Gasteiger partial charge in [-0.25, -0.2) is 0 Å². The molecule has 0 bridgehead atoms. The van der Waals surface area contributed by atoms with E-state index in [2.05, 4.69) is 82.4 Å². The molecule has 1 nitrogen and oxygen atoms in total. The van der Waals surface area contributed by atoms with Crippen molar-refractivity contribution in [3.63, 3.8) is 0 Å². The summed E-state index contributed by atoms with van der Waals surface area (Å²) in [4.78, 5) is 0. The summed E-state index contributed by atoms with van der Waals surface area (Å²) in [6.45, 7) is 12.7. The molecule has 0 saturated heterocycles. The molecule has 1 N–H and O–H groups in total. The number of fused-ring (bicyclic) bond motifs is 1. The second kappa shape index (κ2) is 7.09. The molecule has 0 heterocycles. The maximum Gasteiger partial charge on any atom is 0.0292 e. The van der Waals surface area contributed by atoms with Crippen LogP contribution in [0.5, 0.6) is 0 Å². The highest BCUT2D eigenvalue weighted by atomic mass is 14.9. The van der Waals surface area contributed by atoms with E-state index in [1.54, 1.807) is 0 Å². The van der Waals surface area contributed by atoms with Gasteiger partial charge in [-0.15, -0.1) is 0 Å². The zero-order valence-corrected chi connectivity index (χ0v) is 14.1. The molecule has 21 heavy (non-hydrogen) atoms. The molecule has 0 radical (unpaired) electrons. The average Bonchev–Trinajstić information content (AvgIpc) is 2.46. The molecule has 2 aromatic rings. The molecule has 0 aliphatic rings. The van der Waals surface area contributed by atoms with Crippen LogP contribution < -0.4 is 5.32 Å². The third kappa shape index (κ3) is 4.07. The first kappa shape index (κ1) is 16.0. The minimum Gasteiger partial charge on any atom is -0.310 e. The van der Waals surface area contributed by atoms with Gasteiger partial charge in [0, 0.05) is 6.04 Å². The van der Waals surface area contributed by atoms with E-state index in [1.807, 2.05) is 0 Å². The van der Waals surface area contributed by atoms with Gasteiger partial charge in [0.1, 0.15) is 0 Å². The van der Waals surface area contributed by atoms with Crippen LogP contribution in [0.1, 0.15) is 46.2 Å². The monoisotopic (exact) mass is 283 g/mol. The molecule has 0 aliphatic heterocycles. The van der Waals surface area contributed by atoms with Gasteiger partial charge >= 0.3 is 0 Å². The van der Waals surface area contributed by atoms with Crippen molar-refractivity contribution in [3.05, 3.63) is 48.0 Å². The molecule has 0 spiro atoms. The molecule has 114 valence electrons. The average molecular weight is 283 g/mol. The van der Waals surface area contributed by atoms with E-state index in [4.69, 9.17) is 0 Å². The summed E-state index contributed by atoms with van der Waals surface area (Å²) in [5, 5.41) is 6.37. The Morgan fingerprint density at radius 3 is 2.05 bits per heavy atom. The lowest BCUT2D eigenvalue weighted by atomic mass is 9.85. The van der Waals surface area contributed by atoms with Crippen LogP contribution >= 0.6 is 0 Å². The Morgan fingerprint density at radius 1 is 0.810 bits per heavy atom. The van der Waals surface area contributed by atoms with E-state index in [9.17, 15) is 0 Å². The van der Waals surface area contributed by atoms with Crippen LogP contribution in [-0.4, -0.2) is 6.54 Å². The van der Waals surface area contributed by atoms with Crippen LogP contribution in [0.3, 0.4) is 0 Å². The van der Waals surface area contributed by atoms with Gasteiger partial charge in [-0.1, -0.05) is 64.1 Å². The Labute approximate surface area is 129 Å². The first-order valence-corrected chi connectivity index (χ1v) is 8.21. The number of benzene rings is 2. The summed E-state index contributed by atoms with van der Waals surface area (Å²) < 4.78 is 0. The van der Waals surface area contributed by atoms with Crippen molar-refractivity contribution in [2.45, 2.75) is 40.7 Å². The zero-order valence-electron chi connectivity index (χ0n) is 14.1. The summed E-state index contributed by atoms with van der Waals surface area (Å²) in [6.07, 6.45) is 0. The lowest BCUT2D eigenvalue weighted by Crippen LogP contribution is -2.31. The highest BCUT2D eigenvalue weighted by Gasteiger charge is 2.18. The number of nitrogens with one attached hydrogen (secondary N) is 1. The van der Waals surface area contributed by atoms with Gasteiger partial charge in [0.15, 0.2) is 0 Å².